The first-order valence-electron chi connectivity index (χ1n) is 8.05. The molecule has 2 amide bonds. The number of carbonyl (C=O) groups is 2. The Balaban J connectivity index is 1.80. The van der Waals surface area contributed by atoms with Gasteiger partial charge in [0.1, 0.15) is 4.21 Å². The minimum absolute atomic E-state index is 0.0731. The lowest BCUT2D eigenvalue weighted by Gasteiger charge is -2.31. The van der Waals surface area contributed by atoms with E-state index in [-0.39, 0.29) is 28.8 Å². The summed E-state index contributed by atoms with van der Waals surface area (Å²) in [6.07, 6.45) is 0.895. The molecule has 0 aliphatic carbocycles. The van der Waals surface area contributed by atoms with E-state index in [9.17, 15) is 18.0 Å². The van der Waals surface area contributed by atoms with E-state index in [0.717, 1.165) is 15.6 Å². The van der Waals surface area contributed by atoms with Crippen LogP contribution in [-0.2, 0) is 19.6 Å². The van der Waals surface area contributed by atoms with Gasteiger partial charge in [-0.1, -0.05) is 6.07 Å². The van der Waals surface area contributed by atoms with Crippen molar-refractivity contribution in [2.24, 2.45) is 0 Å². The van der Waals surface area contributed by atoms with E-state index in [2.05, 4.69) is 5.32 Å². The van der Waals surface area contributed by atoms with Crippen LogP contribution in [0.25, 0.3) is 0 Å². The summed E-state index contributed by atoms with van der Waals surface area (Å²) in [6.45, 7) is 2.87. The van der Waals surface area contributed by atoms with E-state index in [1.54, 1.807) is 23.3 Å². The third kappa shape index (κ3) is 5.16. The van der Waals surface area contributed by atoms with Crippen LogP contribution in [-0.4, -0.2) is 69.0 Å². The van der Waals surface area contributed by atoms with E-state index in [1.807, 2.05) is 0 Å². The summed E-state index contributed by atoms with van der Waals surface area (Å²) in [5, 5.41) is 4.52. The van der Waals surface area contributed by atoms with E-state index >= 15 is 0 Å². The number of amides is 2. The second-order valence-corrected chi connectivity index (χ2v) is 8.94. The number of ether oxygens (including phenoxy) is 1. The van der Waals surface area contributed by atoms with Crippen LogP contribution in [0.1, 0.15) is 19.8 Å². The molecular formula is C15H23N3O5S2. The molecule has 0 atom stereocenters. The maximum Gasteiger partial charge on any atom is 0.409 e. The summed E-state index contributed by atoms with van der Waals surface area (Å²) in [4.78, 5) is 25.4. The average Bonchev–Trinajstić information content (AvgIpc) is 3.10. The van der Waals surface area contributed by atoms with Crippen LogP contribution in [0.15, 0.2) is 21.7 Å². The summed E-state index contributed by atoms with van der Waals surface area (Å²) in [5.41, 5.74) is 0. The first-order valence-corrected chi connectivity index (χ1v) is 10.4. The third-order valence-corrected chi connectivity index (χ3v) is 7.09. The van der Waals surface area contributed by atoms with Crippen molar-refractivity contribution in [3.8, 4) is 0 Å². The lowest BCUT2D eigenvalue weighted by Crippen LogP contribution is -2.48. The zero-order valence-corrected chi connectivity index (χ0v) is 15.9. The monoisotopic (exact) mass is 389 g/mol. The number of hydrogen-bond acceptors (Lipinski definition) is 6. The van der Waals surface area contributed by atoms with Crippen LogP contribution in [0.2, 0.25) is 0 Å². The Labute approximate surface area is 151 Å². The molecule has 1 aliphatic heterocycles. The molecule has 0 aromatic carbocycles. The van der Waals surface area contributed by atoms with Crippen molar-refractivity contribution in [2.75, 3.05) is 33.3 Å². The van der Waals surface area contributed by atoms with Crippen molar-refractivity contribution < 1.29 is 22.7 Å². The van der Waals surface area contributed by atoms with Gasteiger partial charge in [0.15, 0.2) is 0 Å². The number of likely N-dealkylation sites (tertiary alicyclic amines) is 1. The molecule has 0 saturated carbocycles. The van der Waals surface area contributed by atoms with Gasteiger partial charge in [-0.3, -0.25) is 4.79 Å². The number of thiophene rings is 1. The van der Waals surface area contributed by atoms with E-state index < -0.39 is 10.0 Å². The maximum absolute atomic E-state index is 12.3. The van der Waals surface area contributed by atoms with Gasteiger partial charge in [0.25, 0.3) is 10.0 Å². The molecule has 0 unspecified atom stereocenters. The standard InChI is InChI=1S/C15H23N3O5S2/c1-3-23-15(20)18-8-6-12(7-9-18)16-13(19)11-17(2)25(21,22)14-5-4-10-24-14/h4-5,10,12H,3,6-9,11H2,1-2H3,(H,16,19). The molecule has 2 rings (SSSR count). The minimum Gasteiger partial charge on any atom is -0.450 e. The molecule has 2 heterocycles. The van der Waals surface area contributed by atoms with Gasteiger partial charge < -0.3 is 15.0 Å². The number of rotatable bonds is 6. The molecule has 1 aromatic rings. The number of likely N-dealkylation sites (N-methyl/N-ethyl adjacent to an activating group) is 1. The number of nitrogens with one attached hydrogen (secondary N) is 1. The van der Waals surface area contributed by atoms with Gasteiger partial charge in [0.05, 0.1) is 13.2 Å². The molecule has 1 saturated heterocycles. The van der Waals surface area contributed by atoms with Crippen molar-refractivity contribution in [1.29, 1.82) is 0 Å². The van der Waals surface area contributed by atoms with Crippen molar-refractivity contribution in [3.05, 3.63) is 17.5 Å². The third-order valence-electron chi connectivity index (χ3n) is 3.91. The molecule has 10 heteroatoms. The van der Waals surface area contributed by atoms with E-state index in [1.165, 1.54) is 13.1 Å². The molecular weight excluding hydrogens is 366 g/mol. The Kier molecular flexibility index (Phi) is 6.79. The first kappa shape index (κ1) is 19.7. The van der Waals surface area contributed by atoms with Crippen LogP contribution >= 0.6 is 11.3 Å². The fraction of sp³-hybridized carbons (Fsp3) is 0.600. The number of carbonyl (C=O) groups excluding carboxylic acids is 2. The molecule has 1 aliphatic rings. The highest BCUT2D eigenvalue weighted by atomic mass is 32.2. The molecule has 8 nitrogen and oxygen atoms in total. The zero-order valence-electron chi connectivity index (χ0n) is 14.3. The van der Waals surface area contributed by atoms with Gasteiger partial charge in [-0.05, 0) is 31.2 Å². The SMILES string of the molecule is CCOC(=O)N1CCC(NC(=O)CN(C)S(=O)(=O)c2cccs2)CC1. The summed E-state index contributed by atoms with van der Waals surface area (Å²) < 4.78 is 30.8. The van der Waals surface area contributed by atoms with Crippen molar-refractivity contribution >= 4 is 33.4 Å². The Morgan fingerprint density at radius 3 is 2.64 bits per heavy atom. The molecule has 25 heavy (non-hydrogen) atoms. The predicted molar refractivity (Wildman–Crippen MR) is 93.9 cm³/mol. The van der Waals surface area contributed by atoms with Crippen LogP contribution in [0, 0.1) is 0 Å². The normalized spacial score (nSPS) is 16.0. The van der Waals surface area contributed by atoms with Crippen LogP contribution < -0.4 is 5.32 Å². The maximum atomic E-state index is 12.3. The topological polar surface area (TPSA) is 96.0 Å². The van der Waals surface area contributed by atoms with Crippen molar-refractivity contribution in [1.82, 2.24) is 14.5 Å². The quantitative estimate of drug-likeness (QED) is 0.786. The van der Waals surface area contributed by atoms with Crippen molar-refractivity contribution in [3.63, 3.8) is 0 Å². The van der Waals surface area contributed by atoms with Crippen molar-refractivity contribution in [2.45, 2.75) is 30.0 Å². The Morgan fingerprint density at radius 2 is 2.08 bits per heavy atom. The van der Waals surface area contributed by atoms with Crippen LogP contribution in [0.5, 0.6) is 0 Å². The van der Waals surface area contributed by atoms with Crippen LogP contribution in [0.4, 0.5) is 4.79 Å². The molecule has 0 spiro atoms. The summed E-state index contributed by atoms with van der Waals surface area (Å²) >= 11 is 1.12. The number of piperidine rings is 1. The van der Waals surface area contributed by atoms with Gasteiger partial charge in [-0.25, -0.2) is 13.2 Å². The van der Waals surface area contributed by atoms with Gasteiger partial charge in [0.2, 0.25) is 5.91 Å². The van der Waals surface area contributed by atoms with Gasteiger partial charge >= 0.3 is 6.09 Å². The molecule has 1 fully saturated rings. The second-order valence-electron chi connectivity index (χ2n) is 5.72. The smallest absolute Gasteiger partial charge is 0.409 e. The molecule has 1 N–H and O–H groups in total. The van der Waals surface area contributed by atoms with Crippen LogP contribution in [0.3, 0.4) is 0 Å². The van der Waals surface area contributed by atoms with E-state index in [4.69, 9.17) is 4.74 Å². The Morgan fingerprint density at radius 1 is 1.40 bits per heavy atom. The lowest BCUT2D eigenvalue weighted by molar-refractivity contribution is -0.122. The lowest BCUT2D eigenvalue weighted by atomic mass is 10.1. The second kappa shape index (κ2) is 8.63. The first-order chi connectivity index (χ1) is 11.8. The average molecular weight is 389 g/mol. The summed E-state index contributed by atoms with van der Waals surface area (Å²) in [7, 11) is -2.25. The zero-order chi connectivity index (χ0) is 18.4. The van der Waals surface area contributed by atoms with Gasteiger partial charge in [0, 0.05) is 26.2 Å². The highest BCUT2D eigenvalue weighted by Crippen LogP contribution is 2.19. The highest BCUT2D eigenvalue weighted by Gasteiger charge is 2.27. The van der Waals surface area contributed by atoms with E-state index in [0.29, 0.717) is 32.5 Å². The number of hydrogen-bond donors (Lipinski definition) is 1. The number of nitrogens with zero attached hydrogens (tertiary/aromatic N) is 2. The fourth-order valence-corrected chi connectivity index (χ4v) is 4.87. The minimum atomic E-state index is -3.64. The molecule has 0 radical (unpaired) electrons. The molecule has 0 bridgehead atoms. The molecule has 140 valence electrons. The van der Waals surface area contributed by atoms with Gasteiger partial charge in [-0.2, -0.15) is 4.31 Å². The predicted octanol–water partition coefficient (Wildman–Crippen LogP) is 1.11. The largest absolute Gasteiger partial charge is 0.450 e. The Bertz CT molecular complexity index is 682. The summed E-state index contributed by atoms with van der Waals surface area (Å²) in [5.74, 6) is -0.350. The fourth-order valence-electron chi connectivity index (χ4n) is 2.55. The molecule has 1 aromatic heterocycles. The van der Waals surface area contributed by atoms with Gasteiger partial charge in [-0.15, -0.1) is 11.3 Å². The number of sulfonamides is 1. The highest BCUT2D eigenvalue weighted by molar-refractivity contribution is 7.91. The summed E-state index contributed by atoms with van der Waals surface area (Å²) in [6, 6.07) is 3.10. The Hall–Kier alpha value is -1.65.